The van der Waals surface area contributed by atoms with E-state index >= 15 is 0 Å². The molecule has 0 radical (unpaired) electrons. The Bertz CT molecular complexity index is 711. The molecule has 0 spiro atoms. The fraction of sp³-hybridized carbons (Fsp3) is 0.524. The van der Waals surface area contributed by atoms with E-state index in [9.17, 15) is 4.79 Å². The first kappa shape index (κ1) is 18.6. The normalized spacial score (nSPS) is 18.0. The molecule has 1 aromatic heterocycles. The van der Waals surface area contributed by atoms with E-state index in [2.05, 4.69) is 45.5 Å². The van der Waals surface area contributed by atoms with E-state index in [1.807, 2.05) is 13.8 Å². The highest BCUT2D eigenvalue weighted by Crippen LogP contribution is 2.15. The van der Waals surface area contributed by atoms with Crippen LogP contribution in [-0.4, -0.2) is 41.5 Å². The average molecular weight is 355 g/mol. The zero-order chi connectivity index (χ0) is 18.4. The standard InChI is InChI=1S/C21H29N3O2/c1-3-19-22-16(2)20(26-19)21(25)23-18-12-8-14-24(15-18)13-7-11-17-9-5-4-6-10-17/h4-6,9-10,18H,3,7-8,11-15H2,1-2H3,(H,23,25). The summed E-state index contributed by atoms with van der Waals surface area (Å²) in [4.78, 5) is 19.3. The van der Waals surface area contributed by atoms with Gasteiger partial charge in [-0.2, -0.15) is 0 Å². The number of benzene rings is 1. The van der Waals surface area contributed by atoms with Gasteiger partial charge in [0.25, 0.3) is 5.91 Å². The largest absolute Gasteiger partial charge is 0.435 e. The van der Waals surface area contributed by atoms with Gasteiger partial charge in [-0.05, 0) is 51.3 Å². The minimum atomic E-state index is -0.133. The number of carbonyl (C=O) groups excluding carboxylic acids is 1. The lowest BCUT2D eigenvalue weighted by Gasteiger charge is -2.33. The van der Waals surface area contributed by atoms with Crippen molar-refractivity contribution in [2.75, 3.05) is 19.6 Å². The van der Waals surface area contributed by atoms with E-state index in [-0.39, 0.29) is 11.9 Å². The Balaban J connectivity index is 1.47. The predicted octanol–water partition coefficient (Wildman–Crippen LogP) is 3.37. The Morgan fingerprint density at radius 3 is 2.88 bits per heavy atom. The van der Waals surface area contributed by atoms with Crippen LogP contribution in [0.2, 0.25) is 0 Å². The molecule has 1 fully saturated rings. The van der Waals surface area contributed by atoms with Crippen LogP contribution in [0.3, 0.4) is 0 Å². The van der Waals surface area contributed by atoms with Crippen LogP contribution in [0.25, 0.3) is 0 Å². The number of aromatic nitrogens is 1. The van der Waals surface area contributed by atoms with E-state index in [1.165, 1.54) is 5.56 Å². The van der Waals surface area contributed by atoms with E-state index < -0.39 is 0 Å². The van der Waals surface area contributed by atoms with Gasteiger partial charge >= 0.3 is 0 Å². The highest BCUT2D eigenvalue weighted by Gasteiger charge is 2.24. The van der Waals surface area contributed by atoms with Gasteiger partial charge in [0.1, 0.15) is 0 Å². The number of carbonyl (C=O) groups is 1. The molecular formula is C21H29N3O2. The average Bonchev–Trinajstić information content (AvgIpc) is 3.04. The van der Waals surface area contributed by atoms with Gasteiger partial charge in [0.05, 0.1) is 5.69 Å². The molecule has 2 aromatic rings. The molecule has 1 aliphatic heterocycles. The summed E-state index contributed by atoms with van der Waals surface area (Å²) in [7, 11) is 0. The molecule has 5 nitrogen and oxygen atoms in total. The maximum Gasteiger partial charge on any atom is 0.289 e. The number of amides is 1. The van der Waals surface area contributed by atoms with Gasteiger partial charge in [0.2, 0.25) is 5.76 Å². The number of oxazole rings is 1. The summed E-state index contributed by atoms with van der Waals surface area (Å²) in [6.45, 7) is 6.90. The lowest BCUT2D eigenvalue weighted by molar-refractivity contribution is 0.0873. The summed E-state index contributed by atoms with van der Waals surface area (Å²) in [5.41, 5.74) is 2.07. The molecular weight excluding hydrogens is 326 g/mol. The molecule has 1 N–H and O–H groups in total. The van der Waals surface area contributed by atoms with Crippen LogP contribution in [0, 0.1) is 6.92 Å². The molecule has 1 amide bonds. The second kappa shape index (κ2) is 8.99. The lowest BCUT2D eigenvalue weighted by atomic mass is 10.0. The SMILES string of the molecule is CCc1nc(C)c(C(=O)NC2CCCN(CCCc3ccccc3)C2)o1. The summed E-state index contributed by atoms with van der Waals surface area (Å²) < 4.78 is 5.57. The summed E-state index contributed by atoms with van der Waals surface area (Å²) in [6.07, 6.45) is 5.09. The van der Waals surface area contributed by atoms with Crippen molar-refractivity contribution in [2.45, 2.75) is 52.0 Å². The quantitative estimate of drug-likeness (QED) is 0.827. The molecule has 0 aliphatic carbocycles. The third kappa shape index (κ3) is 4.94. The fourth-order valence-corrected chi connectivity index (χ4v) is 3.59. The zero-order valence-corrected chi connectivity index (χ0v) is 15.8. The second-order valence-electron chi connectivity index (χ2n) is 7.08. The van der Waals surface area contributed by atoms with Crippen molar-refractivity contribution in [3.63, 3.8) is 0 Å². The third-order valence-electron chi connectivity index (χ3n) is 4.97. The van der Waals surface area contributed by atoms with Gasteiger partial charge < -0.3 is 14.6 Å². The van der Waals surface area contributed by atoms with Crippen LogP contribution >= 0.6 is 0 Å². The van der Waals surface area contributed by atoms with E-state index in [4.69, 9.17) is 4.42 Å². The van der Waals surface area contributed by atoms with Crippen LogP contribution < -0.4 is 5.32 Å². The molecule has 5 heteroatoms. The molecule has 1 saturated heterocycles. The van der Waals surface area contributed by atoms with Gasteiger partial charge in [-0.15, -0.1) is 0 Å². The highest BCUT2D eigenvalue weighted by molar-refractivity contribution is 5.92. The number of nitrogens with zero attached hydrogens (tertiary/aromatic N) is 2. The van der Waals surface area contributed by atoms with Gasteiger partial charge in [0, 0.05) is 19.0 Å². The number of likely N-dealkylation sites (tertiary alicyclic amines) is 1. The Hall–Kier alpha value is -2.14. The molecule has 1 aromatic carbocycles. The van der Waals surface area contributed by atoms with Gasteiger partial charge in [-0.1, -0.05) is 37.3 Å². The van der Waals surface area contributed by atoms with Crippen molar-refractivity contribution >= 4 is 5.91 Å². The number of rotatable bonds is 7. The van der Waals surface area contributed by atoms with Gasteiger partial charge in [-0.3, -0.25) is 4.79 Å². The fourth-order valence-electron chi connectivity index (χ4n) is 3.59. The van der Waals surface area contributed by atoms with Crippen molar-refractivity contribution < 1.29 is 9.21 Å². The molecule has 140 valence electrons. The molecule has 1 aliphatic rings. The smallest absolute Gasteiger partial charge is 0.289 e. The maximum atomic E-state index is 12.5. The zero-order valence-electron chi connectivity index (χ0n) is 15.8. The predicted molar refractivity (Wildman–Crippen MR) is 102 cm³/mol. The van der Waals surface area contributed by atoms with Gasteiger partial charge in [-0.25, -0.2) is 4.98 Å². The van der Waals surface area contributed by atoms with Crippen LogP contribution in [0.5, 0.6) is 0 Å². The molecule has 1 atom stereocenters. The highest BCUT2D eigenvalue weighted by atomic mass is 16.4. The minimum Gasteiger partial charge on any atom is -0.435 e. The molecule has 3 rings (SSSR count). The first-order chi connectivity index (χ1) is 12.7. The number of nitrogens with one attached hydrogen (secondary N) is 1. The number of piperidine rings is 1. The van der Waals surface area contributed by atoms with Crippen molar-refractivity contribution in [2.24, 2.45) is 0 Å². The molecule has 26 heavy (non-hydrogen) atoms. The molecule has 0 saturated carbocycles. The summed E-state index contributed by atoms with van der Waals surface area (Å²) >= 11 is 0. The maximum absolute atomic E-state index is 12.5. The van der Waals surface area contributed by atoms with E-state index in [0.29, 0.717) is 23.8 Å². The summed E-state index contributed by atoms with van der Waals surface area (Å²) in [6, 6.07) is 10.8. The van der Waals surface area contributed by atoms with Crippen LogP contribution in [0.1, 0.15) is 53.9 Å². The topological polar surface area (TPSA) is 58.4 Å². The van der Waals surface area contributed by atoms with Crippen molar-refractivity contribution in [3.05, 3.63) is 53.2 Å². The minimum absolute atomic E-state index is 0.133. The Kier molecular flexibility index (Phi) is 6.45. The molecule has 2 heterocycles. The van der Waals surface area contributed by atoms with Crippen molar-refractivity contribution in [1.29, 1.82) is 0 Å². The summed E-state index contributed by atoms with van der Waals surface area (Å²) in [5.74, 6) is 0.854. The third-order valence-corrected chi connectivity index (χ3v) is 4.97. The van der Waals surface area contributed by atoms with E-state index in [0.717, 1.165) is 45.3 Å². The molecule has 0 bridgehead atoms. The number of hydrogen-bond acceptors (Lipinski definition) is 4. The first-order valence-electron chi connectivity index (χ1n) is 9.69. The van der Waals surface area contributed by atoms with Crippen molar-refractivity contribution in [3.8, 4) is 0 Å². The number of aryl methyl sites for hydroxylation is 3. The van der Waals surface area contributed by atoms with Crippen LogP contribution in [-0.2, 0) is 12.8 Å². The Morgan fingerprint density at radius 1 is 1.35 bits per heavy atom. The van der Waals surface area contributed by atoms with Crippen molar-refractivity contribution in [1.82, 2.24) is 15.2 Å². The van der Waals surface area contributed by atoms with Crippen LogP contribution in [0.15, 0.2) is 34.7 Å². The van der Waals surface area contributed by atoms with Crippen LogP contribution in [0.4, 0.5) is 0 Å². The Morgan fingerprint density at radius 2 is 2.15 bits per heavy atom. The monoisotopic (exact) mass is 355 g/mol. The summed E-state index contributed by atoms with van der Waals surface area (Å²) in [5, 5.41) is 3.14. The number of hydrogen-bond donors (Lipinski definition) is 1. The molecule has 1 unspecified atom stereocenters. The first-order valence-corrected chi connectivity index (χ1v) is 9.69. The lowest BCUT2D eigenvalue weighted by Crippen LogP contribution is -2.48. The Labute approximate surface area is 155 Å². The second-order valence-corrected chi connectivity index (χ2v) is 7.08. The van der Waals surface area contributed by atoms with Gasteiger partial charge in [0.15, 0.2) is 5.89 Å². The van der Waals surface area contributed by atoms with E-state index in [1.54, 1.807) is 0 Å².